The smallest absolute Gasteiger partial charge is 0.220 e. The maximum absolute atomic E-state index is 12.2. The van der Waals surface area contributed by atoms with Gasteiger partial charge in [-0.05, 0) is 64.2 Å². The quantitative estimate of drug-likeness (QED) is 0.0631. The summed E-state index contributed by atoms with van der Waals surface area (Å²) in [5.74, 6) is -0.0928. The summed E-state index contributed by atoms with van der Waals surface area (Å²) in [6.45, 7) is 4.22. The highest BCUT2D eigenvalue weighted by Gasteiger charge is 2.17. The van der Waals surface area contributed by atoms with Gasteiger partial charge in [-0.3, -0.25) is 4.79 Å². The molecule has 0 aliphatic heterocycles. The Labute approximate surface area is 248 Å². The molecule has 2 atom stereocenters. The third-order valence-electron chi connectivity index (χ3n) is 7.26. The summed E-state index contributed by atoms with van der Waals surface area (Å²) in [6, 6.07) is -0.647. The molecule has 0 bridgehead atoms. The molecule has 232 valence electrons. The molecule has 4 heteroatoms. The molecule has 0 radical (unpaired) electrons. The van der Waals surface area contributed by atoms with E-state index in [1.807, 2.05) is 6.08 Å². The van der Waals surface area contributed by atoms with Crippen molar-refractivity contribution in [2.45, 2.75) is 167 Å². The van der Waals surface area contributed by atoms with Gasteiger partial charge in [-0.25, -0.2) is 0 Å². The second-order valence-corrected chi connectivity index (χ2v) is 11.2. The molecule has 40 heavy (non-hydrogen) atoms. The highest BCUT2D eigenvalue weighted by atomic mass is 16.3. The Morgan fingerprint density at radius 1 is 0.575 bits per heavy atom. The van der Waals surface area contributed by atoms with E-state index < -0.39 is 12.1 Å². The monoisotopic (exact) mass is 559 g/mol. The van der Waals surface area contributed by atoms with E-state index in [1.165, 1.54) is 83.5 Å². The van der Waals surface area contributed by atoms with Crippen molar-refractivity contribution in [3.8, 4) is 0 Å². The van der Waals surface area contributed by atoms with Crippen LogP contribution in [-0.2, 0) is 4.79 Å². The molecule has 0 aliphatic carbocycles. The largest absolute Gasteiger partial charge is 0.394 e. The van der Waals surface area contributed by atoms with Crippen LogP contribution in [0.5, 0.6) is 0 Å². The van der Waals surface area contributed by atoms with Gasteiger partial charge in [-0.2, -0.15) is 0 Å². The molecule has 2 unspecified atom stereocenters. The predicted octanol–water partition coefficient (Wildman–Crippen LogP) is 9.67. The third-order valence-corrected chi connectivity index (χ3v) is 7.26. The number of aliphatic hydroxyl groups excluding tert-OH is 2. The normalized spacial score (nSPS) is 13.8. The first-order valence-corrected chi connectivity index (χ1v) is 16.9. The average Bonchev–Trinajstić information content (AvgIpc) is 2.96. The topological polar surface area (TPSA) is 69.6 Å². The van der Waals surface area contributed by atoms with Crippen LogP contribution in [0.3, 0.4) is 0 Å². The summed E-state index contributed by atoms with van der Waals surface area (Å²) in [5.41, 5.74) is 0. The number of amides is 1. The molecular weight excluding hydrogens is 494 g/mol. The van der Waals surface area contributed by atoms with Gasteiger partial charge in [-0.1, -0.05) is 133 Å². The Morgan fingerprint density at radius 3 is 1.52 bits per heavy atom. The Hall–Kier alpha value is -1.65. The van der Waals surface area contributed by atoms with Crippen LogP contribution < -0.4 is 5.32 Å². The highest BCUT2D eigenvalue weighted by Crippen LogP contribution is 2.10. The lowest BCUT2D eigenvalue weighted by molar-refractivity contribution is -0.123. The average molecular weight is 560 g/mol. The van der Waals surface area contributed by atoms with Crippen molar-refractivity contribution in [3.63, 3.8) is 0 Å². The van der Waals surface area contributed by atoms with Crippen LogP contribution in [0.2, 0.25) is 0 Å². The van der Waals surface area contributed by atoms with E-state index in [9.17, 15) is 15.0 Å². The van der Waals surface area contributed by atoms with Crippen molar-refractivity contribution in [2.24, 2.45) is 0 Å². The van der Waals surface area contributed by atoms with Gasteiger partial charge in [0.05, 0.1) is 18.8 Å². The Morgan fingerprint density at radius 2 is 1.00 bits per heavy atom. The molecule has 0 aromatic heterocycles. The number of rotatable bonds is 29. The van der Waals surface area contributed by atoms with Crippen LogP contribution in [0.15, 0.2) is 48.6 Å². The van der Waals surface area contributed by atoms with E-state index in [0.29, 0.717) is 6.42 Å². The second-order valence-electron chi connectivity index (χ2n) is 11.2. The van der Waals surface area contributed by atoms with Crippen molar-refractivity contribution in [3.05, 3.63) is 48.6 Å². The maximum atomic E-state index is 12.2. The molecule has 0 heterocycles. The second kappa shape index (κ2) is 31.9. The van der Waals surface area contributed by atoms with Crippen LogP contribution in [-0.4, -0.2) is 34.9 Å². The van der Waals surface area contributed by atoms with Crippen molar-refractivity contribution in [1.82, 2.24) is 5.32 Å². The minimum absolute atomic E-state index is 0.0928. The van der Waals surface area contributed by atoms with Crippen LogP contribution >= 0.6 is 0 Å². The molecule has 0 spiro atoms. The number of unbranched alkanes of at least 4 members (excludes halogenated alkanes) is 16. The summed E-state index contributed by atoms with van der Waals surface area (Å²) in [4.78, 5) is 12.2. The fourth-order valence-electron chi connectivity index (χ4n) is 4.60. The van der Waals surface area contributed by atoms with E-state index in [4.69, 9.17) is 0 Å². The maximum Gasteiger partial charge on any atom is 0.220 e. The van der Waals surface area contributed by atoms with Gasteiger partial charge in [0.25, 0.3) is 0 Å². The lowest BCUT2D eigenvalue weighted by Gasteiger charge is -2.19. The summed E-state index contributed by atoms with van der Waals surface area (Å²) >= 11 is 0. The van der Waals surface area contributed by atoms with Gasteiger partial charge in [0.2, 0.25) is 5.91 Å². The predicted molar refractivity (Wildman–Crippen MR) is 175 cm³/mol. The van der Waals surface area contributed by atoms with Gasteiger partial charge in [0.15, 0.2) is 0 Å². The number of hydrogen-bond donors (Lipinski definition) is 3. The van der Waals surface area contributed by atoms with Gasteiger partial charge < -0.3 is 15.5 Å². The van der Waals surface area contributed by atoms with E-state index in [2.05, 4.69) is 55.6 Å². The SMILES string of the molecule is CCCC/C=C\CCCCCCCC(=O)NC(CO)C(O)/C=C/CC/C=C/CC/C=C/CCCCCCCCC. The Bertz CT molecular complexity index is 652. The molecule has 0 rings (SSSR count). The van der Waals surface area contributed by atoms with E-state index >= 15 is 0 Å². The number of carbonyl (C=O) groups is 1. The number of hydrogen-bond acceptors (Lipinski definition) is 3. The first-order chi connectivity index (χ1) is 19.7. The highest BCUT2D eigenvalue weighted by molar-refractivity contribution is 5.76. The number of aliphatic hydroxyl groups is 2. The van der Waals surface area contributed by atoms with Crippen molar-refractivity contribution >= 4 is 5.91 Å². The zero-order valence-electron chi connectivity index (χ0n) is 26.3. The molecule has 0 aliphatic rings. The van der Waals surface area contributed by atoms with E-state index in [0.717, 1.165) is 51.4 Å². The first-order valence-electron chi connectivity index (χ1n) is 16.9. The van der Waals surface area contributed by atoms with Crippen LogP contribution in [0.25, 0.3) is 0 Å². The molecule has 1 amide bonds. The van der Waals surface area contributed by atoms with Gasteiger partial charge >= 0.3 is 0 Å². The van der Waals surface area contributed by atoms with Crippen LogP contribution in [0.4, 0.5) is 0 Å². The first kappa shape index (κ1) is 38.4. The van der Waals surface area contributed by atoms with Crippen molar-refractivity contribution in [1.29, 1.82) is 0 Å². The minimum Gasteiger partial charge on any atom is -0.394 e. The number of nitrogens with one attached hydrogen (secondary N) is 1. The summed E-state index contributed by atoms with van der Waals surface area (Å²) in [5, 5.41) is 22.8. The molecule has 0 saturated carbocycles. The third kappa shape index (κ3) is 27.9. The molecule has 3 N–H and O–H groups in total. The van der Waals surface area contributed by atoms with Crippen LogP contribution in [0, 0.1) is 0 Å². The van der Waals surface area contributed by atoms with E-state index in [-0.39, 0.29) is 12.5 Å². The zero-order valence-corrected chi connectivity index (χ0v) is 26.3. The molecule has 0 saturated heterocycles. The summed E-state index contributed by atoms with van der Waals surface area (Å²) in [6.07, 6.45) is 41.9. The molecular formula is C36H65NO3. The summed E-state index contributed by atoms with van der Waals surface area (Å²) in [7, 11) is 0. The summed E-state index contributed by atoms with van der Waals surface area (Å²) < 4.78 is 0. The molecule has 0 aromatic rings. The van der Waals surface area contributed by atoms with Gasteiger partial charge in [0, 0.05) is 6.42 Å². The lowest BCUT2D eigenvalue weighted by Crippen LogP contribution is -2.45. The number of allylic oxidation sites excluding steroid dienone is 7. The van der Waals surface area contributed by atoms with Crippen molar-refractivity contribution in [2.75, 3.05) is 6.61 Å². The zero-order chi connectivity index (χ0) is 29.4. The number of carbonyl (C=O) groups excluding carboxylic acids is 1. The molecule has 4 nitrogen and oxygen atoms in total. The fraction of sp³-hybridized carbons (Fsp3) is 0.750. The molecule has 0 aromatic carbocycles. The minimum atomic E-state index is -0.871. The fourth-order valence-corrected chi connectivity index (χ4v) is 4.60. The van der Waals surface area contributed by atoms with Crippen LogP contribution in [0.1, 0.15) is 155 Å². The Balaban J connectivity index is 3.77. The lowest BCUT2D eigenvalue weighted by atomic mass is 10.1. The van der Waals surface area contributed by atoms with E-state index in [1.54, 1.807) is 6.08 Å². The standard InChI is InChI=1S/C36H65NO3/c1-3-5-7-9-11-13-15-16-17-18-19-20-22-23-25-27-29-31-35(39)34(33-38)37-36(40)32-30-28-26-24-21-14-12-10-8-6-4-2/h10,12,17-18,22-23,29,31,34-35,38-39H,3-9,11,13-16,19-21,24-28,30,32-33H2,1-2H3,(H,37,40)/b12-10-,18-17+,23-22+,31-29+. The van der Waals surface area contributed by atoms with Gasteiger partial charge in [0.1, 0.15) is 0 Å². The molecule has 0 fully saturated rings. The van der Waals surface area contributed by atoms with Crippen molar-refractivity contribution < 1.29 is 15.0 Å². The van der Waals surface area contributed by atoms with Gasteiger partial charge in [-0.15, -0.1) is 0 Å². The Kier molecular flexibility index (Phi) is 30.6.